The number of sulfonamides is 1. The topological polar surface area (TPSA) is 84.2 Å². The van der Waals surface area contributed by atoms with E-state index in [9.17, 15) is 8.42 Å². The zero-order chi connectivity index (χ0) is 15.5. The number of oxazole rings is 1. The molecule has 6 nitrogen and oxygen atoms in total. The quantitative estimate of drug-likeness (QED) is 0.849. The van der Waals surface area contributed by atoms with Crippen LogP contribution in [0.3, 0.4) is 0 Å². The van der Waals surface area contributed by atoms with Crippen molar-refractivity contribution in [1.82, 2.24) is 15.0 Å². The first-order valence-corrected chi connectivity index (χ1v) is 8.09. The second-order valence-electron chi connectivity index (χ2n) is 4.77. The molecular weight excluding hydrogens is 290 g/mol. The Kier molecular flexibility index (Phi) is 4.76. The summed E-state index contributed by atoms with van der Waals surface area (Å²) < 4.78 is 32.0. The average Bonchev–Trinajstić information content (AvgIpc) is 2.90. The van der Waals surface area contributed by atoms with Gasteiger partial charge in [-0.15, -0.1) is 0 Å². The Morgan fingerprint density at radius 1 is 1.29 bits per heavy atom. The van der Waals surface area contributed by atoms with Gasteiger partial charge in [0, 0.05) is 6.04 Å². The van der Waals surface area contributed by atoms with Crippen molar-refractivity contribution in [2.24, 2.45) is 0 Å². The van der Waals surface area contributed by atoms with E-state index >= 15 is 0 Å². The summed E-state index contributed by atoms with van der Waals surface area (Å²) in [6, 6.07) is 6.94. The number of nitrogens with one attached hydrogen (secondary N) is 2. The zero-order valence-corrected chi connectivity index (χ0v) is 13.1. The molecule has 0 bridgehead atoms. The Labute approximate surface area is 124 Å². The fourth-order valence-corrected chi connectivity index (χ4v) is 2.80. The highest BCUT2D eigenvalue weighted by atomic mass is 32.2. The molecule has 1 aromatic carbocycles. The minimum Gasteiger partial charge on any atom is -0.445 e. The van der Waals surface area contributed by atoms with Crippen molar-refractivity contribution in [2.75, 3.05) is 7.05 Å². The Balaban J connectivity index is 2.08. The molecule has 0 saturated heterocycles. The number of hydrogen-bond donors (Lipinski definition) is 2. The van der Waals surface area contributed by atoms with E-state index in [-0.39, 0.29) is 17.5 Å². The average molecular weight is 309 g/mol. The summed E-state index contributed by atoms with van der Waals surface area (Å²) in [4.78, 5) is 4.18. The summed E-state index contributed by atoms with van der Waals surface area (Å²) in [5.41, 5.74) is 1.03. The fourth-order valence-electron chi connectivity index (χ4n) is 1.83. The lowest BCUT2D eigenvalue weighted by Crippen LogP contribution is -2.23. The zero-order valence-electron chi connectivity index (χ0n) is 12.3. The van der Waals surface area contributed by atoms with E-state index in [1.54, 1.807) is 37.4 Å². The van der Waals surface area contributed by atoms with Crippen LogP contribution in [0.1, 0.15) is 30.2 Å². The van der Waals surface area contributed by atoms with E-state index in [4.69, 9.17) is 4.42 Å². The van der Waals surface area contributed by atoms with Gasteiger partial charge < -0.3 is 9.73 Å². The van der Waals surface area contributed by atoms with Crippen molar-refractivity contribution >= 4 is 10.0 Å². The molecule has 0 spiro atoms. The molecule has 114 valence electrons. The first-order chi connectivity index (χ1) is 9.92. The predicted octanol–water partition coefficient (Wildman–Crippen LogP) is 1.74. The van der Waals surface area contributed by atoms with Crippen molar-refractivity contribution in [3.05, 3.63) is 47.7 Å². The maximum atomic E-state index is 12.2. The normalized spacial score (nSPS) is 13.3. The van der Waals surface area contributed by atoms with Gasteiger partial charge in [0.1, 0.15) is 5.76 Å². The first-order valence-electron chi connectivity index (χ1n) is 6.60. The van der Waals surface area contributed by atoms with Gasteiger partial charge in [-0.3, -0.25) is 0 Å². The molecule has 2 rings (SSSR count). The molecule has 2 N–H and O–H groups in total. The molecule has 1 unspecified atom stereocenters. The van der Waals surface area contributed by atoms with Gasteiger partial charge >= 0.3 is 0 Å². The number of hydrogen-bond acceptors (Lipinski definition) is 5. The third-order valence-corrected chi connectivity index (χ3v) is 4.62. The Bertz CT molecular complexity index is 693. The molecule has 0 aliphatic heterocycles. The Hall–Kier alpha value is -1.70. The van der Waals surface area contributed by atoms with Gasteiger partial charge in [0.15, 0.2) is 0 Å². The van der Waals surface area contributed by atoms with E-state index in [1.165, 1.54) is 0 Å². The van der Waals surface area contributed by atoms with Gasteiger partial charge in [-0.25, -0.2) is 18.1 Å². The summed E-state index contributed by atoms with van der Waals surface area (Å²) in [6.45, 7) is 3.80. The van der Waals surface area contributed by atoms with Crippen molar-refractivity contribution < 1.29 is 12.8 Å². The minimum absolute atomic E-state index is 0.0326. The molecule has 0 saturated carbocycles. The van der Waals surface area contributed by atoms with E-state index in [0.29, 0.717) is 11.7 Å². The number of nitrogens with zero attached hydrogens (tertiary/aromatic N) is 1. The molecule has 0 fully saturated rings. The highest BCUT2D eigenvalue weighted by Crippen LogP contribution is 2.16. The third kappa shape index (κ3) is 3.90. The van der Waals surface area contributed by atoms with Gasteiger partial charge in [0.25, 0.3) is 0 Å². The number of rotatable bonds is 6. The molecule has 0 amide bonds. The maximum Gasteiger partial charge on any atom is 0.241 e. The van der Waals surface area contributed by atoms with Crippen LogP contribution < -0.4 is 10.0 Å². The molecule has 0 radical (unpaired) electrons. The molecule has 1 atom stereocenters. The largest absolute Gasteiger partial charge is 0.445 e. The number of aromatic nitrogens is 1. The van der Waals surface area contributed by atoms with E-state index in [1.807, 2.05) is 14.0 Å². The predicted molar refractivity (Wildman–Crippen MR) is 79.2 cm³/mol. The molecule has 1 heterocycles. The van der Waals surface area contributed by atoms with Crippen LogP contribution in [0.15, 0.2) is 39.8 Å². The van der Waals surface area contributed by atoms with Crippen LogP contribution in [0.4, 0.5) is 0 Å². The van der Waals surface area contributed by atoms with Crippen LogP contribution in [-0.2, 0) is 16.6 Å². The summed E-state index contributed by atoms with van der Waals surface area (Å²) in [7, 11) is -1.71. The van der Waals surface area contributed by atoms with Gasteiger partial charge in [-0.1, -0.05) is 12.1 Å². The molecule has 21 heavy (non-hydrogen) atoms. The SMILES string of the molecule is CNC(C)c1ccc(S(=O)(=O)NCc2ncc(C)o2)cc1. The van der Waals surface area contributed by atoms with Crippen molar-refractivity contribution in [3.63, 3.8) is 0 Å². The van der Waals surface area contributed by atoms with Gasteiger partial charge in [-0.2, -0.15) is 0 Å². The van der Waals surface area contributed by atoms with Crippen molar-refractivity contribution in [2.45, 2.75) is 31.3 Å². The smallest absolute Gasteiger partial charge is 0.241 e. The molecular formula is C14H19N3O3S. The third-order valence-electron chi connectivity index (χ3n) is 3.21. The standard InChI is InChI=1S/C14H19N3O3S/c1-10-8-16-14(20-10)9-17-21(18,19)13-6-4-12(5-7-13)11(2)15-3/h4-8,11,15,17H,9H2,1-3H3. The first kappa shape index (κ1) is 15.7. The maximum absolute atomic E-state index is 12.2. The Morgan fingerprint density at radius 2 is 1.95 bits per heavy atom. The van der Waals surface area contributed by atoms with Crippen LogP contribution in [0.5, 0.6) is 0 Å². The van der Waals surface area contributed by atoms with Gasteiger partial charge in [-0.05, 0) is 38.6 Å². The summed E-state index contributed by atoms with van der Waals surface area (Å²) in [6.07, 6.45) is 1.55. The van der Waals surface area contributed by atoms with Crippen LogP contribution in [0.2, 0.25) is 0 Å². The number of benzene rings is 1. The fraction of sp³-hybridized carbons (Fsp3) is 0.357. The lowest BCUT2D eigenvalue weighted by molar-refractivity contribution is 0.463. The molecule has 1 aromatic heterocycles. The van der Waals surface area contributed by atoms with Gasteiger partial charge in [0.2, 0.25) is 15.9 Å². The summed E-state index contributed by atoms with van der Waals surface area (Å²) in [5, 5.41) is 3.10. The number of aryl methyl sites for hydroxylation is 1. The van der Waals surface area contributed by atoms with E-state index in [0.717, 1.165) is 5.56 Å². The lowest BCUT2D eigenvalue weighted by Gasteiger charge is -2.11. The lowest BCUT2D eigenvalue weighted by atomic mass is 10.1. The summed E-state index contributed by atoms with van der Waals surface area (Å²) >= 11 is 0. The van der Waals surface area contributed by atoms with Crippen molar-refractivity contribution in [1.29, 1.82) is 0 Å². The van der Waals surface area contributed by atoms with Crippen LogP contribution in [-0.4, -0.2) is 20.4 Å². The molecule has 0 aliphatic rings. The summed E-state index contributed by atoms with van der Waals surface area (Å²) in [5.74, 6) is 0.992. The van der Waals surface area contributed by atoms with Gasteiger partial charge in [0.05, 0.1) is 17.6 Å². The minimum atomic E-state index is -3.57. The molecule has 7 heteroatoms. The van der Waals surface area contributed by atoms with E-state index in [2.05, 4.69) is 15.0 Å². The molecule has 2 aromatic rings. The Morgan fingerprint density at radius 3 is 2.48 bits per heavy atom. The highest BCUT2D eigenvalue weighted by Gasteiger charge is 2.15. The van der Waals surface area contributed by atoms with Crippen LogP contribution in [0, 0.1) is 6.92 Å². The second-order valence-corrected chi connectivity index (χ2v) is 6.54. The monoisotopic (exact) mass is 309 g/mol. The van der Waals surface area contributed by atoms with E-state index < -0.39 is 10.0 Å². The van der Waals surface area contributed by atoms with Crippen LogP contribution in [0.25, 0.3) is 0 Å². The molecule has 0 aliphatic carbocycles. The highest BCUT2D eigenvalue weighted by molar-refractivity contribution is 7.89. The van der Waals surface area contributed by atoms with Crippen LogP contribution >= 0.6 is 0 Å². The second kappa shape index (κ2) is 6.38. The van der Waals surface area contributed by atoms with Crippen molar-refractivity contribution in [3.8, 4) is 0 Å².